The van der Waals surface area contributed by atoms with Crippen LogP contribution in [0.4, 0.5) is 11.4 Å². The number of benzene rings is 3. The maximum atomic E-state index is 7.32. The first-order chi connectivity index (χ1) is 16.7. The summed E-state index contributed by atoms with van der Waals surface area (Å²) < 4.78 is 0. The smallest absolute Gasteiger partial charge is 0.0978 e. The summed E-state index contributed by atoms with van der Waals surface area (Å²) >= 11 is 0. The number of nitrogen functional groups attached to an aromatic ring is 2. The lowest BCUT2D eigenvalue weighted by molar-refractivity contribution is 0.834. The lowest BCUT2D eigenvalue weighted by atomic mass is 10.0. The average Bonchev–Trinajstić information content (AvgIpc) is 2.76. The average molecular weight is 521 g/mol. The van der Waals surface area contributed by atoms with Gasteiger partial charge in [0.15, 0.2) is 0 Å². The van der Waals surface area contributed by atoms with Gasteiger partial charge < -0.3 is 11.5 Å². The normalized spacial score (nSPS) is 13.6. The number of anilines is 2. The van der Waals surface area contributed by atoms with Gasteiger partial charge in [-0.3, -0.25) is 0 Å². The lowest BCUT2D eigenvalue weighted by Crippen LogP contribution is -2.60. The van der Waals surface area contributed by atoms with Crippen molar-refractivity contribution in [3.05, 3.63) is 36.4 Å². The Morgan fingerprint density at radius 1 is 0.472 bits per heavy atom. The van der Waals surface area contributed by atoms with Crippen LogP contribution in [0.25, 0.3) is 21.5 Å². The van der Waals surface area contributed by atoms with Crippen molar-refractivity contribution in [2.24, 2.45) is 0 Å². The van der Waals surface area contributed by atoms with E-state index in [0.717, 1.165) is 11.4 Å². The molecule has 0 aliphatic heterocycles. The van der Waals surface area contributed by atoms with Gasteiger partial charge >= 0.3 is 0 Å². The second kappa shape index (κ2) is 10.2. The van der Waals surface area contributed by atoms with Crippen LogP contribution in [0.15, 0.2) is 36.4 Å². The third kappa shape index (κ3) is 3.94. The van der Waals surface area contributed by atoms with Crippen LogP contribution in [-0.4, -0.2) is 16.1 Å². The van der Waals surface area contributed by atoms with E-state index in [1.54, 1.807) is 0 Å². The highest BCUT2D eigenvalue weighted by Crippen LogP contribution is 2.48. The molecule has 0 heterocycles. The van der Waals surface area contributed by atoms with Crippen LogP contribution >= 0.6 is 0 Å². The summed E-state index contributed by atoms with van der Waals surface area (Å²) in [7, 11) is -4.17. The predicted molar refractivity (Wildman–Crippen MR) is 172 cm³/mol. The number of hydrogen-bond acceptors (Lipinski definition) is 2. The number of hydrogen-bond donors (Lipinski definition) is 2. The largest absolute Gasteiger partial charge is 0.397 e. The standard InChI is InChI=1S/C32H52N2Si2/c1-19(2)35(20(3)4,21(5)6)31-27-17-25-15-13-14-16-26(25)18-28(27)32(30(34)29(31)33)36(22(7)8,23(9)10)24(11)12/h13-24H,33-34H2,1-12H3. The summed E-state index contributed by atoms with van der Waals surface area (Å²) in [5, 5.41) is 8.21. The van der Waals surface area contributed by atoms with Gasteiger partial charge in [0.2, 0.25) is 0 Å². The summed E-state index contributed by atoms with van der Waals surface area (Å²) in [6, 6.07) is 13.8. The first-order valence-corrected chi connectivity index (χ1v) is 18.7. The highest BCUT2D eigenvalue weighted by Gasteiger charge is 2.50. The van der Waals surface area contributed by atoms with Crippen molar-refractivity contribution >= 4 is 59.4 Å². The fraction of sp³-hybridized carbons (Fsp3) is 0.562. The molecular weight excluding hydrogens is 469 g/mol. The van der Waals surface area contributed by atoms with Gasteiger partial charge in [0.25, 0.3) is 0 Å². The Morgan fingerprint density at radius 2 is 0.722 bits per heavy atom. The summed E-state index contributed by atoms with van der Waals surface area (Å²) in [4.78, 5) is 0. The summed E-state index contributed by atoms with van der Waals surface area (Å²) in [6.45, 7) is 29.1. The van der Waals surface area contributed by atoms with Crippen molar-refractivity contribution in [1.82, 2.24) is 0 Å². The van der Waals surface area contributed by atoms with Crippen LogP contribution < -0.4 is 21.8 Å². The highest BCUT2D eigenvalue weighted by atomic mass is 28.3. The molecule has 198 valence electrons. The molecule has 0 spiro atoms. The molecule has 0 saturated heterocycles. The molecule has 4 N–H and O–H groups in total. The second-order valence-electron chi connectivity index (χ2n) is 13.1. The van der Waals surface area contributed by atoms with E-state index in [1.165, 1.54) is 31.9 Å². The molecule has 3 rings (SSSR count). The highest BCUT2D eigenvalue weighted by molar-refractivity contribution is 7.00. The van der Waals surface area contributed by atoms with E-state index in [-0.39, 0.29) is 0 Å². The van der Waals surface area contributed by atoms with Crippen LogP contribution in [0.5, 0.6) is 0 Å². The fourth-order valence-electron chi connectivity index (χ4n) is 8.88. The first-order valence-electron chi connectivity index (χ1n) is 14.2. The van der Waals surface area contributed by atoms with Gasteiger partial charge in [0, 0.05) is 0 Å². The van der Waals surface area contributed by atoms with E-state index >= 15 is 0 Å². The van der Waals surface area contributed by atoms with Crippen molar-refractivity contribution in [2.75, 3.05) is 11.5 Å². The molecule has 3 aromatic carbocycles. The number of rotatable bonds is 8. The van der Waals surface area contributed by atoms with E-state index in [1.807, 2.05) is 0 Å². The van der Waals surface area contributed by atoms with Crippen molar-refractivity contribution in [3.8, 4) is 0 Å². The topological polar surface area (TPSA) is 52.0 Å². The van der Waals surface area contributed by atoms with Gasteiger partial charge in [-0.2, -0.15) is 0 Å². The molecule has 0 radical (unpaired) electrons. The van der Waals surface area contributed by atoms with Crippen LogP contribution in [0.3, 0.4) is 0 Å². The summed E-state index contributed by atoms with van der Waals surface area (Å²) in [6.07, 6.45) is 0. The van der Waals surface area contributed by atoms with Gasteiger partial charge in [-0.1, -0.05) is 107 Å². The number of fused-ring (bicyclic) bond motifs is 2. The van der Waals surface area contributed by atoms with Gasteiger partial charge in [-0.05, 0) is 77.3 Å². The van der Waals surface area contributed by atoms with Gasteiger partial charge in [-0.15, -0.1) is 0 Å². The molecule has 0 saturated carbocycles. The molecule has 0 fully saturated rings. The molecule has 0 aromatic heterocycles. The molecule has 36 heavy (non-hydrogen) atoms. The van der Waals surface area contributed by atoms with E-state index in [9.17, 15) is 0 Å². The molecule has 0 atom stereocenters. The third-order valence-corrected chi connectivity index (χ3v) is 24.1. The fourth-order valence-corrected chi connectivity index (χ4v) is 22.9. The Kier molecular flexibility index (Phi) is 8.13. The van der Waals surface area contributed by atoms with Crippen LogP contribution in [0, 0.1) is 0 Å². The molecule has 0 amide bonds. The van der Waals surface area contributed by atoms with Gasteiger partial charge in [0.1, 0.15) is 0 Å². The Bertz CT molecular complexity index is 1100. The van der Waals surface area contributed by atoms with Crippen molar-refractivity contribution < 1.29 is 0 Å². The molecular formula is C32H52N2Si2. The maximum Gasteiger partial charge on any atom is 0.0978 e. The Labute approximate surface area is 223 Å². The number of nitrogens with two attached hydrogens (primary N) is 2. The zero-order valence-electron chi connectivity index (χ0n) is 25.1. The van der Waals surface area contributed by atoms with Crippen LogP contribution in [0.2, 0.25) is 33.2 Å². The molecule has 4 heteroatoms. The lowest BCUT2D eigenvalue weighted by Gasteiger charge is -2.48. The quantitative estimate of drug-likeness (QED) is 0.177. The molecule has 0 aliphatic carbocycles. The molecule has 2 nitrogen and oxygen atoms in total. The minimum Gasteiger partial charge on any atom is -0.397 e. The van der Waals surface area contributed by atoms with E-state index < -0.39 is 16.1 Å². The van der Waals surface area contributed by atoms with Crippen molar-refractivity contribution in [1.29, 1.82) is 0 Å². The molecule has 0 unspecified atom stereocenters. The Hall–Kier alpha value is -1.79. The summed E-state index contributed by atoms with van der Waals surface area (Å²) in [5.74, 6) is 0. The Morgan fingerprint density at radius 3 is 0.944 bits per heavy atom. The molecule has 3 aromatic rings. The van der Waals surface area contributed by atoms with E-state index in [2.05, 4.69) is 119 Å². The molecule has 0 bridgehead atoms. The minimum atomic E-state index is -2.08. The zero-order chi connectivity index (χ0) is 27.3. The minimum absolute atomic E-state index is 0.557. The molecule has 0 aliphatic rings. The SMILES string of the molecule is CC(C)[Si](c1c(N)c(N)c([Si](C(C)C)(C(C)C)C(C)C)c2cc3ccccc3cc12)(C(C)C)C(C)C. The maximum absolute atomic E-state index is 7.32. The van der Waals surface area contributed by atoms with E-state index in [0.29, 0.717) is 33.2 Å². The van der Waals surface area contributed by atoms with Crippen LogP contribution in [0.1, 0.15) is 83.1 Å². The van der Waals surface area contributed by atoms with E-state index in [4.69, 9.17) is 11.5 Å². The first kappa shape index (κ1) is 28.8. The van der Waals surface area contributed by atoms with Crippen LogP contribution in [-0.2, 0) is 0 Å². The second-order valence-corrected chi connectivity index (χ2v) is 24.8. The van der Waals surface area contributed by atoms with Crippen molar-refractivity contribution in [2.45, 2.75) is 116 Å². The predicted octanol–water partition coefficient (Wildman–Crippen LogP) is 8.93. The van der Waals surface area contributed by atoms with Gasteiger partial charge in [-0.25, -0.2) is 0 Å². The monoisotopic (exact) mass is 520 g/mol. The van der Waals surface area contributed by atoms with Crippen molar-refractivity contribution in [3.63, 3.8) is 0 Å². The van der Waals surface area contributed by atoms with Gasteiger partial charge in [0.05, 0.1) is 27.5 Å². The Balaban J connectivity index is 2.76. The summed E-state index contributed by atoms with van der Waals surface area (Å²) in [5.41, 5.74) is 19.8. The third-order valence-electron chi connectivity index (χ3n) is 9.85. The zero-order valence-corrected chi connectivity index (χ0v) is 27.1.